The molecule has 3 N–H and O–H groups in total. The average molecular weight is 359 g/mol. The van der Waals surface area contributed by atoms with E-state index in [9.17, 15) is 0 Å². The van der Waals surface area contributed by atoms with Gasteiger partial charge in [0.2, 0.25) is 0 Å². The van der Waals surface area contributed by atoms with E-state index in [1.54, 1.807) is 18.2 Å². The molecule has 0 unspecified atom stereocenters. The molecule has 0 aliphatic rings. The summed E-state index contributed by atoms with van der Waals surface area (Å²) in [4.78, 5) is 8.89. The maximum atomic E-state index is 8.89. The monoisotopic (exact) mass is 359 g/mol. The van der Waals surface area contributed by atoms with Crippen LogP contribution in [0.5, 0.6) is 5.75 Å². The molecule has 0 saturated heterocycles. The van der Waals surface area contributed by atoms with Gasteiger partial charge in [-0.05, 0) is 0 Å². The quantitative estimate of drug-likeness (QED) is 0.371. The van der Waals surface area contributed by atoms with Gasteiger partial charge in [-0.15, -0.1) is 0 Å². The summed E-state index contributed by atoms with van der Waals surface area (Å²) >= 11 is 0. The standard InChI is InChI=1S/C7H6O2.2CH3.Tl/c8-6-4-2-1-3-5-7(6)9;;;/h1-5H,(H,8,9);2*1H3;/q;2*-1;+3/p+2. The van der Waals surface area contributed by atoms with Crippen molar-refractivity contribution >= 4 is 27.3 Å². The summed E-state index contributed by atoms with van der Waals surface area (Å²) in [5.74, 6) is 0.153. The van der Waals surface area contributed by atoms with E-state index in [0.29, 0.717) is 0 Å². The first kappa shape index (κ1) is 17.6. The van der Waals surface area contributed by atoms with Crippen molar-refractivity contribution in [3.63, 3.8) is 0 Å². The third-order valence-electron chi connectivity index (χ3n) is 1.02. The van der Waals surface area contributed by atoms with Gasteiger partial charge in [0.05, 0.1) is 6.07 Å². The second kappa shape index (κ2) is 8.71. The zero-order valence-electron chi connectivity index (χ0n) is 7.41. The van der Waals surface area contributed by atoms with Crippen LogP contribution in [0.1, 0.15) is 0 Å². The Balaban J connectivity index is -0.000000270. The number of hydrogen-bond donors (Lipinski definition) is 0. The summed E-state index contributed by atoms with van der Waals surface area (Å²) < 4.78 is 0. The third-order valence-corrected chi connectivity index (χ3v) is 1.02. The van der Waals surface area contributed by atoms with Gasteiger partial charge in [0, 0.05) is 6.07 Å². The van der Waals surface area contributed by atoms with Crippen molar-refractivity contribution in [2.24, 2.45) is 0 Å². The van der Waals surface area contributed by atoms with Gasteiger partial charge in [0.15, 0.2) is 0 Å². The molecule has 3 heteroatoms. The molecule has 0 aliphatic heterocycles. The molecule has 0 heterocycles. The summed E-state index contributed by atoms with van der Waals surface area (Å²) in [6.45, 7) is 0. The van der Waals surface area contributed by atoms with Crippen LogP contribution in [0, 0.1) is 14.9 Å². The van der Waals surface area contributed by atoms with Crippen molar-refractivity contribution in [3.8, 4) is 5.75 Å². The fraction of sp³-hybridized carbons (Fsp3) is 0. The Morgan fingerprint density at radius 1 is 1.00 bits per heavy atom. The molecular formula is C9H14O2Tl+3. The van der Waals surface area contributed by atoms with Crippen molar-refractivity contribution in [2.45, 2.75) is 0 Å². The molecule has 1 aromatic rings. The van der Waals surface area contributed by atoms with Crippen molar-refractivity contribution in [1.29, 1.82) is 0 Å². The van der Waals surface area contributed by atoms with Crippen LogP contribution in [0.25, 0.3) is 0 Å². The summed E-state index contributed by atoms with van der Waals surface area (Å²) in [7, 11) is 0. The molecule has 0 fully saturated rings. The minimum atomic E-state index is 0. The molecule has 2 nitrogen and oxygen atoms in total. The topological polar surface area (TPSA) is 44.3 Å². The third kappa shape index (κ3) is 5.29. The summed E-state index contributed by atoms with van der Waals surface area (Å²) in [6.07, 6.45) is 0. The van der Waals surface area contributed by atoms with E-state index in [-0.39, 0.29) is 53.3 Å². The number of hydrogen-bond acceptors (Lipinski definition) is 0. The Hall–Kier alpha value is -0.388. The van der Waals surface area contributed by atoms with Gasteiger partial charge in [-0.25, -0.2) is 0 Å². The molecule has 1 rings (SSSR count). The molecule has 12 heavy (non-hydrogen) atoms. The molecule has 62 valence electrons. The molecular weight excluding hydrogens is 344 g/mol. The minimum absolute atomic E-state index is 0. The van der Waals surface area contributed by atoms with Crippen LogP contribution in [0.4, 0.5) is 0 Å². The Morgan fingerprint density at radius 2 is 1.50 bits per heavy atom. The van der Waals surface area contributed by atoms with Crippen LogP contribution in [0.15, 0.2) is 30.3 Å². The first-order valence-electron chi connectivity index (χ1n) is 2.63. The first-order chi connectivity index (χ1) is 4.30. The Morgan fingerprint density at radius 3 is 2.08 bits per heavy atom. The van der Waals surface area contributed by atoms with Crippen molar-refractivity contribution in [2.75, 3.05) is 0 Å². The SMILES string of the molecule is [CH3-].[CH3-].[OH+]=c1cccccc1[OH2+].[Tl+3]. The van der Waals surface area contributed by atoms with Crippen LogP contribution in [0.2, 0.25) is 0 Å². The summed E-state index contributed by atoms with van der Waals surface area (Å²) in [6, 6.07) is 8.19. The Kier molecular flexibility index (Phi) is 12.8. The molecule has 0 amide bonds. The first-order valence-corrected chi connectivity index (χ1v) is 2.63. The fourth-order valence-corrected chi connectivity index (χ4v) is 0.538. The molecule has 0 aromatic heterocycles. The van der Waals surface area contributed by atoms with E-state index in [1.165, 1.54) is 12.1 Å². The Labute approximate surface area is 93.4 Å². The van der Waals surface area contributed by atoms with Gasteiger partial charge in [-0.1, -0.05) is 18.2 Å². The molecule has 0 aliphatic carbocycles. The zero-order chi connectivity index (χ0) is 6.69. The van der Waals surface area contributed by atoms with Crippen LogP contribution >= 0.6 is 0 Å². The van der Waals surface area contributed by atoms with E-state index in [2.05, 4.69) is 0 Å². The van der Waals surface area contributed by atoms with Crippen LogP contribution in [-0.2, 0) is 0 Å². The predicted octanol–water partition coefficient (Wildman–Crippen LogP) is 0.649. The molecule has 0 spiro atoms. The molecule has 0 radical (unpaired) electrons. The second-order valence-electron chi connectivity index (χ2n) is 1.71. The Bertz CT molecular complexity index is 260. The summed E-state index contributed by atoms with van der Waals surface area (Å²) in [5, 5.41) is 7.09. The normalized spacial score (nSPS) is 6.67. The van der Waals surface area contributed by atoms with Gasteiger partial charge >= 0.3 is 38.5 Å². The second-order valence-corrected chi connectivity index (χ2v) is 1.71. The van der Waals surface area contributed by atoms with Gasteiger partial charge in [-0.2, -0.15) is 0 Å². The van der Waals surface area contributed by atoms with Crippen LogP contribution in [0.3, 0.4) is 0 Å². The van der Waals surface area contributed by atoms with E-state index in [1.807, 2.05) is 0 Å². The van der Waals surface area contributed by atoms with Crippen molar-refractivity contribution < 1.29 is 9.90 Å². The van der Waals surface area contributed by atoms with E-state index in [0.717, 1.165) is 0 Å². The number of rotatable bonds is 0. The zero-order valence-corrected chi connectivity index (χ0v) is 11.9. The van der Waals surface area contributed by atoms with Gasteiger partial charge < -0.3 is 20.0 Å². The molecule has 0 atom stereocenters. The van der Waals surface area contributed by atoms with Gasteiger partial charge in [-0.3, -0.25) is 4.79 Å². The van der Waals surface area contributed by atoms with Gasteiger partial charge in [0.1, 0.15) is 0 Å². The maximum Gasteiger partial charge on any atom is 3.00 e. The summed E-state index contributed by atoms with van der Waals surface area (Å²) in [5.41, 5.74) is 0.0139. The molecule has 0 bridgehead atoms. The fourth-order valence-electron chi connectivity index (χ4n) is 0.538. The molecule has 0 saturated carbocycles. The van der Waals surface area contributed by atoms with Crippen LogP contribution in [-0.4, -0.2) is 37.2 Å². The van der Waals surface area contributed by atoms with Crippen LogP contribution < -0.4 is 5.43 Å². The van der Waals surface area contributed by atoms with Crippen molar-refractivity contribution in [3.05, 3.63) is 50.6 Å². The molecule has 1 aromatic carbocycles. The maximum absolute atomic E-state index is 8.89. The van der Waals surface area contributed by atoms with E-state index >= 15 is 0 Å². The minimum Gasteiger partial charge on any atom is -0.587 e. The smallest absolute Gasteiger partial charge is 0.587 e. The van der Waals surface area contributed by atoms with Crippen molar-refractivity contribution in [1.82, 2.24) is 0 Å². The average Bonchev–Trinajstić information content (AvgIpc) is 1.99. The van der Waals surface area contributed by atoms with Gasteiger partial charge in [0.25, 0.3) is 0 Å². The van der Waals surface area contributed by atoms with E-state index < -0.39 is 0 Å². The predicted molar refractivity (Wildman–Crippen MR) is 53.2 cm³/mol. The van der Waals surface area contributed by atoms with E-state index in [4.69, 9.17) is 9.90 Å². The largest absolute Gasteiger partial charge is 3.00 e.